The van der Waals surface area contributed by atoms with Gasteiger partial charge in [0.05, 0.1) is 19.8 Å². The predicted octanol–water partition coefficient (Wildman–Crippen LogP) is -2.01. The van der Waals surface area contributed by atoms with Crippen molar-refractivity contribution in [1.82, 2.24) is 5.32 Å². The summed E-state index contributed by atoms with van der Waals surface area (Å²) in [4.78, 5) is 10.1. The van der Waals surface area contributed by atoms with Gasteiger partial charge >= 0.3 is 5.97 Å². The number of carboxylic acid groups (broad SMARTS) is 1. The number of rotatable bonds is 6. The van der Waals surface area contributed by atoms with E-state index >= 15 is 0 Å². The quantitative estimate of drug-likeness (QED) is 0.351. The Morgan fingerprint density at radius 3 is 2.25 bits per heavy atom. The van der Waals surface area contributed by atoms with Crippen LogP contribution in [0.2, 0.25) is 0 Å². The Balaban J connectivity index is 4.01. The van der Waals surface area contributed by atoms with E-state index in [4.69, 9.17) is 20.1 Å². The first-order valence-electron chi connectivity index (χ1n) is 3.34. The lowest BCUT2D eigenvalue weighted by atomic mass is 10.2. The summed E-state index contributed by atoms with van der Waals surface area (Å²) in [5.74, 6) is -1.08. The Bertz CT molecular complexity index is 137. The monoisotopic (exact) mass is 179 g/mol. The van der Waals surface area contributed by atoms with Crippen LogP contribution in [-0.4, -0.2) is 53.9 Å². The molecule has 0 aliphatic rings. The Kier molecular flexibility index (Phi) is 4.75. The fraction of sp³-hybridized carbons (Fsp3) is 0.833. The highest BCUT2D eigenvalue weighted by molar-refractivity contribution is 5.69. The van der Waals surface area contributed by atoms with E-state index in [-0.39, 0.29) is 6.54 Å². The van der Waals surface area contributed by atoms with Gasteiger partial charge in [-0.25, -0.2) is 0 Å². The lowest BCUT2D eigenvalue weighted by Crippen LogP contribution is -2.54. The highest BCUT2D eigenvalue weighted by atomic mass is 16.5. The van der Waals surface area contributed by atoms with E-state index < -0.39 is 24.9 Å². The van der Waals surface area contributed by atoms with Crippen molar-refractivity contribution in [2.75, 3.05) is 26.9 Å². The molecule has 0 fully saturated rings. The van der Waals surface area contributed by atoms with Crippen molar-refractivity contribution in [3.63, 3.8) is 0 Å². The van der Waals surface area contributed by atoms with Crippen molar-refractivity contribution < 1.29 is 24.9 Å². The first-order chi connectivity index (χ1) is 5.60. The molecule has 0 bridgehead atoms. The minimum absolute atomic E-state index is 0.380. The average molecular weight is 179 g/mol. The lowest BCUT2D eigenvalue weighted by Gasteiger charge is -2.28. The highest BCUT2D eigenvalue weighted by Crippen LogP contribution is 2.02. The van der Waals surface area contributed by atoms with Crippen molar-refractivity contribution in [3.8, 4) is 0 Å². The summed E-state index contributed by atoms with van der Waals surface area (Å²) in [5.41, 5.74) is -1.36. The summed E-state index contributed by atoms with van der Waals surface area (Å²) in [6, 6.07) is 0. The van der Waals surface area contributed by atoms with Crippen molar-refractivity contribution in [2.24, 2.45) is 0 Å². The molecular formula is C6H13NO5. The van der Waals surface area contributed by atoms with Crippen molar-refractivity contribution in [1.29, 1.82) is 0 Å². The molecule has 6 heteroatoms. The summed E-state index contributed by atoms with van der Waals surface area (Å²) >= 11 is 0. The fourth-order valence-electron chi connectivity index (χ4n) is 0.600. The highest BCUT2D eigenvalue weighted by Gasteiger charge is 2.27. The lowest BCUT2D eigenvalue weighted by molar-refractivity contribution is -0.142. The number of aliphatic hydroxyl groups is 2. The number of hydrogen-bond donors (Lipinski definition) is 4. The predicted molar refractivity (Wildman–Crippen MR) is 39.6 cm³/mol. The Labute approximate surface area is 69.8 Å². The largest absolute Gasteiger partial charge is 0.480 e. The van der Waals surface area contributed by atoms with Gasteiger partial charge in [0.15, 0.2) is 5.72 Å². The minimum atomic E-state index is -1.36. The molecule has 0 aliphatic heterocycles. The van der Waals surface area contributed by atoms with Crippen LogP contribution < -0.4 is 5.32 Å². The van der Waals surface area contributed by atoms with Crippen LogP contribution in [0.1, 0.15) is 0 Å². The molecule has 0 spiro atoms. The summed E-state index contributed by atoms with van der Waals surface area (Å²) in [7, 11) is 1.27. The average Bonchev–Trinajstić information content (AvgIpc) is 2.08. The third-order valence-electron chi connectivity index (χ3n) is 1.46. The first kappa shape index (κ1) is 11.3. The van der Waals surface area contributed by atoms with Gasteiger partial charge in [-0.3, -0.25) is 10.1 Å². The number of methoxy groups -OCH3 is 1. The third-order valence-corrected chi connectivity index (χ3v) is 1.46. The maximum atomic E-state index is 10.1. The maximum absolute atomic E-state index is 10.1. The van der Waals surface area contributed by atoms with Gasteiger partial charge in [-0.2, -0.15) is 0 Å². The summed E-state index contributed by atoms with van der Waals surface area (Å²) in [6.45, 7) is -1.37. The van der Waals surface area contributed by atoms with Crippen molar-refractivity contribution in [3.05, 3.63) is 0 Å². The summed E-state index contributed by atoms with van der Waals surface area (Å²) < 4.78 is 4.71. The minimum Gasteiger partial charge on any atom is -0.480 e. The Morgan fingerprint density at radius 2 is 2.00 bits per heavy atom. The topological polar surface area (TPSA) is 99.0 Å². The number of aliphatic carboxylic acids is 1. The number of ether oxygens (including phenoxy) is 1. The molecule has 0 aliphatic carbocycles. The molecule has 0 amide bonds. The van der Waals surface area contributed by atoms with Gasteiger partial charge in [-0.1, -0.05) is 0 Å². The van der Waals surface area contributed by atoms with Gasteiger partial charge in [0.2, 0.25) is 0 Å². The molecule has 0 heterocycles. The second kappa shape index (κ2) is 5.04. The molecule has 0 aromatic carbocycles. The summed E-state index contributed by atoms with van der Waals surface area (Å²) in [5, 5.41) is 28.1. The third kappa shape index (κ3) is 3.14. The molecule has 12 heavy (non-hydrogen) atoms. The molecule has 6 nitrogen and oxygen atoms in total. The van der Waals surface area contributed by atoms with Crippen LogP contribution in [0.3, 0.4) is 0 Å². The van der Waals surface area contributed by atoms with Gasteiger partial charge in [-0.05, 0) is 0 Å². The normalized spacial score (nSPS) is 11.6. The molecule has 0 radical (unpaired) electrons. The molecule has 0 saturated heterocycles. The maximum Gasteiger partial charge on any atom is 0.317 e. The van der Waals surface area contributed by atoms with E-state index in [0.717, 1.165) is 0 Å². The van der Waals surface area contributed by atoms with Gasteiger partial charge in [0, 0.05) is 7.11 Å². The van der Waals surface area contributed by atoms with Crippen LogP contribution >= 0.6 is 0 Å². The standard InChI is InChI=1S/C6H13NO5/c1-12-6(3-8,4-9)7-2-5(10)11/h7-9H,2-4H2,1H3,(H,10,11). The smallest absolute Gasteiger partial charge is 0.317 e. The van der Waals surface area contributed by atoms with Gasteiger partial charge in [0.25, 0.3) is 0 Å². The SMILES string of the molecule is COC(CO)(CO)NCC(=O)O. The number of hydrogen-bond acceptors (Lipinski definition) is 5. The Hall–Kier alpha value is -0.690. The zero-order valence-corrected chi connectivity index (χ0v) is 6.78. The van der Waals surface area contributed by atoms with E-state index in [1.807, 2.05) is 0 Å². The van der Waals surface area contributed by atoms with Crippen LogP contribution in [0.4, 0.5) is 0 Å². The van der Waals surface area contributed by atoms with Crippen molar-refractivity contribution >= 4 is 5.97 Å². The van der Waals surface area contributed by atoms with E-state index in [0.29, 0.717) is 0 Å². The number of nitrogens with one attached hydrogen (secondary N) is 1. The molecule has 4 N–H and O–H groups in total. The zero-order chi connectivity index (χ0) is 9.61. The van der Waals surface area contributed by atoms with E-state index in [1.54, 1.807) is 0 Å². The van der Waals surface area contributed by atoms with E-state index in [2.05, 4.69) is 5.32 Å². The van der Waals surface area contributed by atoms with Crippen LogP contribution in [0.15, 0.2) is 0 Å². The Morgan fingerprint density at radius 1 is 1.50 bits per heavy atom. The molecule has 0 unspecified atom stereocenters. The van der Waals surface area contributed by atoms with Gasteiger partial charge in [0.1, 0.15) is 0 Å². The van der Waals surface area contributed by atoms with E-state index in [1.165, 1.54) is 7.11 Å². The van der Waals surface area contributed by atoms with Crippen LogP contribution in [0, 0.1) is 0 Å². The van der Waals surface area contributed by atoms with Crippen LogP contribution in [0.5, 0.6) is 0 Å². The molecular weight excluding hydrogens is 166 g/mol. The molecule has 0 aromatic rings. The fourth-order valence-corrected chi connectivity index (χ4v) is 0.600. The molecule has 0 aromatic heterocycles. The number of carboxylic acids is 1. The number of aliphatic hydroxyl groups excluding tert-OH is 2. The number of carbonyl (C=O) groups is 1. The van der Waals surface area contributed by atoms with Crippen LogP contribution in [-0.2, 0) is 9.53 Å². The molecule has 0 saturated carbocycles. The molecule has 0 rings (SSSR count). The van der Waals surface area contributed by atoms with Crippen molar-refractivity contribution in [2.45, 2.75) is 5.72 Å². The van der Waals surface area contributed by atoms with Gasteiger partial charge in [-0.15, -0.1) is 0 Å². The zero-order valence-electron chi connectivity index (χ0n) is 6.78. The molecule has 0 atom stereocenters. The first-order valence-corrected chi connectivity index (χ1v) is 3.34. The van der Waals surface area contributed by atoms with E-state index in [9.17, 15) is 4.79 Å². The summed E-state index contributed by atoms with van der Waals surface area (Å²) in [6.07, 6.45) is 0. The second-order valence-corrected chi connectivity index (χ2v) is 2.26. The second-order valence-electron chi connectivity index (χ2n) is 2.26. The molecule has 72 valence electrons. The van der Waals surface area contributed by atoms with Crippen LogP contribution in [0.25, 0.3) is 0 Å². The van der Waals surface area contributed by atoms with Gasteiger partial charge < -0.3 is 20.1 Å².